The molecular weight excluding hydrogens is 242 g/mol. The van der Waals surface area contributed by atoms with E-state index in [1.165, 1.54) is 7.11 Å². The molecule has 0 aliphatic heterocycles. The van der Waals surface area contributed by atoms with Crippen LogP contribution in [-0.4, -0.2) is 31.4 Å². The number of hydrogen-bond donors (Lipinski definition) is 1. The van der Waals surface area contributed by atoms with Gasteiger partial charge in [-0.1, -0.05) is 35.9 Å². The minimum absolute atomic E-state index is 0.0110. The number of benzene rings is 1. The molecule has 102 valence electrons. The van der Waals surface area contributed by atoms with E-state index in [0.29, 0.717) is 12.1 Å². The van der Waals surface area contributed by atoms with Crippen molar-refractivity contribution in [2.24, 2.45) is 0 Å². The Morgan fingerprint density at radius 2 is 2.00 bits per heavy atom. The molecule has 0 aromatic heterocycles. The molecule has 1 atom stereocenters. The Balaban J connectivity index is 2.83. The van der Waals surface area contributed by atoms with Crippen molar-refractivity contribution < 1.29 is 14.3 Å². The van der Waals surface area contributed by atoms with Crippen LogP contribution in [0.4, 0.5) is 0 Å². The molecule has 1 aromatic rings. The maximum atomic E-state index is 12.3. The van der Waals surface area contributed by atoms with Crippen LogP contribution < -0.4 is 5.32 Å². The van der Waals surface area contributed by atoms with Crippen molar-refractivity contribution in [2.75, 3.05) is 13.7 Å². The van der Waals surface area contributed by atoms with Gasteiger partial charge in [0.1, 0.15) is 0 Å². The maximum Gasteiger partial charge on any atom is 0.307 e. The summed E-state index contributed by atoms with van der Waals surface area (Å²) in [4.78, 5) is 23.6. The Morgan fingerprint density at radius 3 is 2.53 bits per heavy atom. The van der Waals surface area contributed by atoms with E-state index in [9.17, 15) is 9.59 Å². The second kappa shape index (κ2) is 7.48. The van der Waals surface area contributed by atoms with Gasteiger partial charge in [0.05, 0.1) is 19.6 Å². The number of hydrogen-bond acceptors (Lipinski definition) is 4. The van der Waals surface area contributed by atoms with Gasteiger partial charge in [-0.2, -0.15) is 0 Å². The molecule has 0 fully saturated rings. The van der Waals surface area contributed by atoms with Gasteiger partial charge in [-0.15, -0.1) is 6.58 Å². The topological polar surface area (TPSA) is 55.4 Å². The van der Waals surface area contributed by atoms with Gasteiger partial charge in [-0.05, 0) is 6.92 Å². The second-order valence-corrected chi connectivity index (χ2v) is 4.26. The number of rotatable bonds is 7. The molecule has 1 rings (SSSR count). The lowest BCUT2D eigenvalue weighted by molar-refractivity contribution is -0.140. The third-order valence-electron chi connectivity index (χ3n) is 2.76. The first-order valence-corrected chi connectivity index (χ1v) is 6.10. The number of carbonyl (C=O) groups excluding carboxylic acids is 2. The highest BCUT2D eigenvalue weighted by atomic mass is 16.5. The molecular formula is C15H19NO3. The highest BCUT2D eigenvalue weighted by Gasteiger charge is 2.22. The molecule has 0 spiro atoms. The fourth-order valence-electron chi connectivity index (χ4n) is 1.65. The average Bonchev–Trinajstić information content (AvgIpc) is 2.43. The highest BCUT2D eigenvalue weighted by Crippen LogP contribution is 2.09. The molecule has 0 amide bonds. The first-order valence-electron chi connectivity index (χ1n) is 6.10. The van der Waals surface area contributed by atoms with Gasteiger partial charge in [0.15, 0.2) is 5.78 Å². The molecule has 4 nitrogen and oxygen atoms in total. The molecule has 0 heterocycles. The number of ketones is 1. The number of carbonyl (C=O) groups is 2. The van der Waals surface area contributed by atoms with E-state index in [1.54, 1.807) is 18.2 Å². The SMILES string of the molecule is C=CCNC(CC(=O)OC)C(=O)c1ccc(C)cc1. The Hall–Kier alpha value is -1.94. The van der Waals surface area contributed by atoms with Crippen molar-refractivity contribution in [1.82, 2.24) is 5.32 Å². The van der Waals surface area contributed by atoms with Crippen LogP contribution in [0.2, 0.25) is 0 Å². The third-order valence-corrected chi connectivity index (χ3v) is 2.76. The van der Waals surface area contributed by atoms with E-state index >= 15 is 0 Å². The highest BCUT2D eigenvalue weighted by molar-refractivity contribution is 6.01. The van der Waals surface area contributed by atoms with E-state index in [2.05, 4.69) is 16.6 Å². The summed E-state index contributed by atoms with van der Waals surface area (Å²) in [7, 11) is 1.31. The summed E-state index contributed by atoms with van der Waals surface area (Å²) in [6.07, 6.45) is 1.66. The molecule has 1 N–H and O–H groups in total. The predicted molar refractivity (Wildman–Crippen MR) is 74.1 cm³/mol. The van der Waals surface area contributed by atoms with Crippen LogP contribution in [0.5, 0.6) is 0 Å². The molecule has 0 bridgehead atoms. The zero-order valence-electron chi connectivity index (χ0n) is 11.3. The monoisotopic (exact) mass is 261 g/mol. The second-order valence-electron chi connectivity index (χ2n) is 4.26. The van der Waals surface area contributed by atoms with E-state index in [0.717, 1.165) is 5.56 Å². The minimum Gasteiger partial charge on any atom is -0.469 e. The van der Waals surface area contributed by atoms with Gasteiger partial charge in [0.2, 0.25) is 0 Å². The zero-order valence-corrected chi connectivity index (χ0v) is 11.3. The molecule has 19 heavy (non-hydrogen) atoms. The van der Waals surface area contributed by atoms with Crippen molar-refractivity contribution in [3.8, 4) is 0 Å². The van der Waals surface area contributed by atoms with Gasteiger partial charge >= 0.3 is 5.97 Å². The lowest BCUT2D eigenvalue weighted by Gasteiger charge is -2.15. The molecule has 0 radical (unpaired) electrons. The smallest absolute Gasteiger partial charge is 0.307 e. The van der Waals surface area contributed by atoms with Crippen LogP contribution in [0.15, 0.2) is 36.9 Å². The van der Waals surface area contributed by atoms with Crippen molar-refractivity contribution in [1.29, 1.82) is 0 Å². The number of aryl methyl sites for hydroxylation is 1. The Morgan fingerprint density at radius 1 is 1.37 bits per heavy atom. The summed E-state index contributed by atoms with van der Waals surface area (Å²) in [5.74, 6) is -0.533. The van der Waals surface area contributed by atoms with E-state index in [1.807, 2.05) is 19.1 Å². The van der Waals surface area contributed by atoms with E-state index in [-0.39, 0.29) is 12.2 Å². The quantitative estimate of drug-likeness (QED) is 0.462. The first-order chi connectivity index (χ1) is 9.08. The number of methoxy groups -OCH3 is 1. The Bertz CT molecular complexity index is 451. The largest absolute Gasteiger partial charge is 0.469 e. The lowest BCUT2D eigenvalue weighted by atomic mass is 10.0. The van der Waals surface area contributed by atoms with Gasteiger partial charge in [0.25, 0.3) is 0 Å². The molecule has 4 heteroatoms. The maximum absolute atomic E-state index is 12.3. The molecule has 0 saturated heterocycles. The average molecular weight is 261 g/mol. The summed E-state index contributed by atoms with van der Waals surface area (Å²) < 4.78 is 4.61. The molecule has 0 aliphatic carbocycles. The van der Waals surface area contributed by atoms with Crippen LogP contribution in [0.25, 0.3) is 0 Å². The molecule has 1 unspecified atom stereocenters. The van der Waals surface area contributed by atoms with Gasteiger partial charge in [-0.25, -0.2) is 0 Å². The first kappa shape index (κ1) is 15.1. The predicted octanol–water partition coefficient (Wildman–Crippen LogP) is 1.89. The third kappa shape index (κ3) is 4.67. The van der Waals surface area contributed by atoms with Crippen molar-refractivity contribution in [3.05, 3.63) is 48.0 Å². The van der Waals surface area contributed by atoms with Crippen LogP contribution in [0.3, 0.4) is 0 Å². The standard InChI is InChI=1S/C15H19NO3/c1-4-9-16-13(10-14(17)19-3)15(18)12-7-5-11(2)6-8-12/h4-8,13,16H,1,9-10H2,2-3H3. The van der Waals surface area contributed by atoms with Crippen molar-refractivity contribution in [3.63, 3.8) is 0 Å². The number of Topliss-reactive ketones (excluding diaryl/α,β-unsaturated/α-hetero) is 1. The summed E-state index contributed by atoms with van der Waals surface area (Å²) in [5.41, 5.74) is 1.66. The fourth-order valence-corrected chi connectivity index (χ4v) is 1.65. The van der Waals surface area contributed by atoms with Crippen LogP contribution in [-0.2, 0) is 9.53 Å². The molecule has 0 saturated carbocycles. The summed E-state index contributed by atoms with van der Waals surface area (Å²) in [5, 5.41) is 2.98. The Labute approximate surface area is 113 Å². The minimum atomic E-state index is -0.590. The number of esters is 1. The lowest BCUT2D eigenvalue weighted by Crippen LogP contribution is -2.39. The zero-order chi connectivity index (χ0) is 14.3. The number of ether oxygens (including phenoxy) is 1. The van der Waals surface area contributed by atoms with Crippen LogP contribution in [0, 0.1) is 6.92 Å². The van der Waals surface area contributed by atoms with E-state index in [4.69, 9.17) is 0 Å². The normalized spacial score (nSPS) is 11.7. The number of nitrogens with one attached hydrogen (secondary N) is 1. The van der Waals surface area contributed by atoms with Crippen LogP contribution >= 0.6 is 0 Å². The fraction of sp³-hybridized carbons (Fsp3) is 0.333. The summed E-state index contributed by atoms with van der Waals surface area (Å²) in [6, 6.07) is 6.68. The summed E-state index contributed by atoms with van der Waals surface area (Å²) >= 11 is 0. The van der Waals surface area contributed by atoms with Crippen molar-refractivity contribution in [2.45, 2.75) is 19.4 Å². The molecule has 0 aliphatic rings. The Kier molecular flexibility index (Phi) is 5.96. The van der Waals surface area contributed by atoms with Crippen LogP contribution in [0.1, 0.15) is 22.3 Å². The van der Waals surface area contributed by atoms with E-state index < -0.39 is 12.0 Å². The molecule has 1 aromatic carbocycles. The van der Waals surface area contributed by atoms with Gasteiger partial charge in [-0.3, -0.25) is 9.59 Å². The van der Waals surface area contributed by atoms with Gasteiger partial charge < -0.3 is 10.1 Å². The van der Waals surface area contributed by atoms with Crippen molar-refractivity contribution >= 4 is 11.8 Å². The summed E-state index contributed by atoms with van der Waals surface area (Å²) in [6.45, 7) is 6.00. The van der Waals surface area contributed by atoms with Gasteiger partial charge in [0, 0.05) is 12.1 Å².